The summed E-state index contributed by atoms with van der Waals surface area (Å²) in [4.78, 5) is 16.7. The van der Waals surface area contributed by atoms with Crippen LogP contribution in [0.4, 0.5) is 0 Å². The van der Waals surface area contributed by atoms with Crippen LogP contribution in [0.2, 0.25) is 5.02 Å². The fourth-order valence-electron chi connectivity index (χ4n) is 2.69. The number of amides is 1. The van der Waals surface area contributed by atoms with E-state index in [4.69, 9.17) is 26.5 Å². The molecule has 136 valence electrons. The summed E-state index contributed by atoms with van der Waals surface area (Å²) < 4.78 is 11.0. The predicted molar refractivity (Wildman–Crippen MR) is 97.8 cm³/mol. The lowest BCUT2D eigenvalue weighted by Crippen LogP contribution is -2.56. The molecule has 25 heavy (non-hydrogen) atoms. The third kappa shape index (κ3) is 4.52. The van der Waals surface area contributed by atoms with E-state index in [0.717, 1.165) is 11.3 Å². The second kappa shape index (κ2) is 8.19. The molecule has 1 aromatic carbocycles. The molecule has 8 heteroatoms. The Hall–Kier alpha value is -1.60. The quantitative estimate of drug-likeness (QED) is 0.844. The second-order valence-electron chi connectivity index (χ2n) is 5.98. The minimum atomic E-state index is -0.876. The van der Waals surface area contributed by atoms with Crippen LogP contribution in [0.25, 0.3) is 11.3 Å². The Bertz CT molecular complexity index is 725. The van der Waals surface area contributed by atoms with E-state index in [2.05, 4.69) is 10.3 Å². The molecule has 0 spiro atoms. The smallest absolute Gasteiger partial charge is 0.240 e. The zero-order valence-corrected chi connectivity index (χ0v) is 15.5. The topological polar surface area (TPSA) is 90.4 Å². The molecule has 1 aliphatic heterocycles. The Morgan fingerprint density at radius 2 is 1.96 bits per heavy atom. The molecule has 0 bridgehead atoms. The number of carbonyl (C=O) groups is 1. The van der Waals surface area contributed by atoms with Crippen molar-refractivity contribution in [2.24, 2.45) is 5.73 Å². The molecule has 1 aliphatic rings. The Balaban J connectivity index is 0.00000225. The maximum absolute atomic E-state index is 12.3. The molecule has 0 atom stereocenters. The molecule has 3 N–H and O–H groups in total. The van der Waals surface area contributed by atoms with Gasteiger partial charge in [-0.05, 0) is 44.0 Å². The number of aryl methyl sites for hydroxylation is 1. The highest BCUT2D eigenvalue weighted by Gasteiger charge is 2.35. The summed E-state index contributed by atoms with van der Waals surface area (Å²) in [6.07, 6.45) is 1.03. The number of oxazole rings is 1. The summed E-state index contributed by atoms with van der Waals surface area (Å²) in [7, 11) is 0. The van der Waals surface area contributed by atoms with Crippen LogP contribution in [0.15, 0.2) is 28.7 Å². The molecule has 6 nitrogen and oxygen atoms in total. The van der Waals surface area contributed by atoms with Crippen molar-refractivity contribution in [3.8, 4) is 11.3 Å². The first-order valence-electron chi connectivity index (χ1n) is 7.85. The molecular formula is C17H21Cl2N3O3. The monoisotopic (exact) mass is 385 g/mol. The van der Waals surface area contributed by atoms with E-state index in [9.17, 15) is 4.79 Å². The van der Waals surface area contributed by atoms with Gasteiger partial charge in [-0.3, -0.25) is 4.79 Å². The van der Waals surface area contributed by atoms with Gasteiger partial charge in [0.25, 0.3) is 0 Å². The molecule has 1 fully saturated rings. The SMILES string of the molecule is Cc1nc(CNC(=O)C2(N)CCOCC2)oc1-c1ccc(Cl)cc1.Cl. The van der Waals surface area contributed by atoms with Gasteiger partial charge in [0.2, 0.25) is 11.8 Å². The lowest BCUT2D eigenvalue weighted by atomic mass is 9.90. The van der Waals surface area contributed by atoms with Crippen molar-refractivity contribution in [2.45, 2.75) is 31.8 Å². The van der Waals surface area contributed by atoms with E-state index in [-0.39, 0.29) is 24.9 Å². The molecule has 1 aromatic heterocycles. The van der Waals surface area contributed by atoms with Crippen molar-refractivity contribution in [3.05, 3.63) is 40.9 Å². The summed E-state index contributed by atoms with van der Waals surface area (Å²) in [5, 5.41) is 3.47. The molecule has 0 unspecified atom stereocenters. The van der Waals surface area contributed by atoms with Crippen molar-refractivity contribution in [2.75, 3.05) is 13.2 Å². The van der Waals surface area contributed by atoms with E-state index in [1.54, 1.807) is 12.1 Å². The summed E-state index contributed by atoms with van der Waals surface area (Å²) in [6.45, 7) is 3.07. The van der Waals surface area contributed by atoms with Gasteiger partial charge in [-0.15, -0.1) is 12.4 Å². The van der Waals surface area contributed by atoms with Crippen molar-refractivity contribution in [3.63, 3.8) is 0 Å². The number of ether oxygens (including phenoxy) is 1. The van der Waals surface area contributed by atoms with E-state index < -0.39 is 5.54 Å². The Morgan fingerprint density at radius 3 is 2.60 bits per heavy atom. The van der Waals surface area contributed by atoms with Crippen molar-refractivity contribution >= 4 is 29.9 Å². The zero-order chi connectivity index (χ0) is 17.2. The van der Waals surface area contributed by atoms with Gasteiger partial charge in [0.05, 0.1) is 17.8 Å². The summed E-state index contributed by atoms with van der Waals surface area (Å²) in [6, 6.07) is 7.33. The number of carbonyl (C=O) groups excluding carboxylic acids is 1. The van der Waals surface area contributed by atoms with Crippen LogP contribution < -0.4 is 11.1 Å². The van der Waals surface area contributed by atoms with E-state index in [1.807, 2.05) is 19.1 Å². The maximum atomic E-state index is 12.3. The zero-order valence-electron chi connectivity index (χ0n) is 13.9. The van der Waals surface area contributed by atoms with E-state index in [1.165, 1.54) is 0 Å². The highest BCUT2D eigenvalue weighted by atomic mass is 35.5. The van der Waals surface area contributed by atoms with Crippen LogP contribution in [-0.4, -0.2) is 29.6 Å². The first-order chi connectivity index (χ1) is 11.5. The number of nitrogens with two attached hydrogens (primary N) is 1. The largest absolute Gasteiger partial charge is 0.438 e. The minimum Gasteiger partial charge on any atom is -0.438 e. The molecular weight excluding hydrogens is 365 g/mol. The third-order valence-corrected chi connectivity index (χ3v) is 4.44. The molecule has 0 radical (unpaired) electrons. The molecule has 0 aliphatic carbocycles. The lowest BCUT2D eigenvalue weighted by molar-refractivity contribution is -0.130. The van der Waals surface area contributed by atoms with Crippen LogP contribution in [0.3, 0.4) is 0 Å². The van der Waals surface area contributed by atoms with Crippen LogP contribution in [0, 0.1) is 6.92 Å². The van der Waals surface area contributed by atoms with Crippen molar-refractivity contribution in [1.82, 2.24) is 10.3 Å². The molecule has 2 aromatic rings. The van der Waals surface area contributed by atoms with Gasteiger partial charge in [0.1, 0.15) is 0 Å². The molecule has 0 saturated carbocycles. The Kier molecular flexibility index (Phi) is 6.46. The Labute approximate surface area is 157 Å². The molecule has 3 rings (SSSR count). The highest BCUT2D eigenvalue weighted by molar-refractivity contribution is 6.30. The number of rotatable bonds is 4. The molecule has 2 heterocycles. The van der Waals surface area contributed by atoms with Gasteiger partial charge >= 0.3 is 0 Å². The normalized spacial score (nSPS) is 16.1. The van der Waals surface area contributed by atoms with Gasteiger partial charge in [-0.2, -0.15) is 0 Å². The number of benzene rings is 1. The molecule has 1 saturated heterocycles. The summed E-state index contributed by atoms with van der Waals surface area (Å²) >= 11 is 5.90. The predicted octanol–water partition coefficient (Wildman–Crippen LogP) is 2.85. The first kappa shape index (κ1) is 19.7. The van der Waals surface area contributed by atoms with Crippen LogP contribution in [-0.2, 0) is 16.1 Å². The highest BCUT2D eigenvalue weighted by Crippen LogP contribution is 2.26. The number of nitrogens with one attached hydrogen (secondary N) is 1. The summed E-state index contributed by atoms with van der Waals surface area (Å²) in [5.74, 6) is 0.917. The van der Waals surface area contributed by atoms with E-state index in [0.29, 0.717) is 42.7 Å². The number of halogens is 2. The molecule has 1 amide bonds. The Morgan fingerprint density at radius 1 is 1.32 bits per heavy atom. The number of nitrogens with zero attached hydrogens (tertiary/aromatic N) is 1. The lowest BCUT2D eigenvalue weighted by Gasteiger charge is -2.31. The second-order valence-corrected chi connectivity index (χ2v) is 6.42. The van der Waals surface area contributed by atoms with Crippen LogP contribution >= 0.6 is 24.0 Å². The number of aromatic nitrogens is 1. The van der Waals surface area contributed by atoms with Crippen LogP contribution in [0.5, 0.6) is 0 Å². The fraction of sp³-hybridized carbons (Fsp3) is 0.412. The summed E-state index contributed by atoms with van der Waals surface area (Å²) in [5.41, 5.74) is 6.93. The van der Waals surface area contributed by atoms with Gasteiger partial charge in [0, 0.05) is 23.8 Å². The van der Waals surface area contributed by atoms with Crippen molar-refractivity contribution < 1.29 is 13.9 Å². The van der Waals surface area contributed by atoms with Gasteiger partial charge in [-0.25, -0.2) is 4.98 Å². The fourth-order valence-corrected chi connectivity index (χ4v) is 2.82. The average molecular weight is 386 g/mol. The van der Waals surface area contributed by atoms with Gasteiger partial charge in [-0.1, -0.05) is 11.6 Å². The van der Waals surface area contributed by atoms with Gasteiger partial charge < -0.3 is 20.2 Å². The number of hydrogen-bond donors (Lipinski definition) is 2. The minimum absolute atomic E-state index is 0. The maximum Gasteiger partial charge on any atom is 0.240 e. The number of hydrogen-bond acceptors (Lipinski definition) is 5. The van der Waals surface area contributed by atoms with Crippen molar-refractivity contribution in [1.29, 1.82) is 0 Å². The van der Waals surface area contributed by atoms with E-state index >= 15 is 0 Å². The van der Waals surface area contributed by atoms with Gasteiger partial charge in [0.15, 0.2) is 5.76 Å². The van der Waals surface area contributed by atoms with Crippen LogP contribution in [0.1, 0.15) is 24.4 Å². The average Bonchev–Trinajstić information content (AvgIpc) is 2.95. The first-order valence-corrected chi connectivity index (χ1v) is 8.23. The standard InChI is InChI=1S/C17H20ClN3O3.ClH/c1-11-15(12-2-4-13(18)5-3-12)24-14(21-11)10-20-16(22)17(19)6-8-23-9-7-17;/h2-5H,6-10,19H2,1H3,(H,20,22);1H. The third-order valence-electron chi connectivity index (χ3n) is 4.18.